The Bertz CT molecular complexity index is 1570. The van der Waals surface area contributed by atoms with Crippen molar-refractivity contribution in [2.24, 2.45) is 0 Å². The predicted octanol–water partition coefficient (Wildman–Crippen LogP) is 5.77. The van der Waals surface area contributed by atoms with Gasteiger partial charge in [0.15, 0.2) is 0 Å². The van der Waals surface area contributed by atoms with Crippen LogP contribution < -0.4 is 10.6 Å². The second kappa shape index (κ2) is 10.7. The van der Waals surface area contributed by atoms with E-state index in [0.717, 1.165) is 50.2 Å². The third-order valence-electron chi connectivity index (χ3n) is 7.66. The molecule has 2 aliphatic rings. The lowest BCUT2D eigenvalue weighted by atomic mass is 9.96. The molecule has 3 N–H and O–H groups in total. The summed E-state index contributed by atoms with van der Waals surface area (Å²) in [5, 5.41) is 15.2. The number of carbonyl (C=O) groups excluding carboxylic acids is 2. The minimum Gasteiger partial charge on any atom is -0.480 e. The predicted molar refractivity (Wildman–Crippen MR) is 152 cm³/mol. The van der Waals surface area contributed by atoms with E-state index in [1.54, 1.807) is 0 Å². The molecule has 0 bridgehead atoms. The molecule has 0 fully saturated rings. The lowest BCUT2D eigenvalue weighted by molar-refractivity contribution is -0.139. The third kappa shape index (κ3) is 5.06. The van der Waals surface area contributed by atoms with Crippen LogP contribution in [0.2, 0.25) is 0 Å². The Hall–Kier alpha value is -4.91. The molecule has 7 heteroatoms. The Morgan fingerprint density at radius 1 is 0.875 bits per heavy atom. The fourth-order valence-electron chi connectivity index (χ4n) is 5.61. The standard InChI is InChI=1S/C33H28N2O5/c36-31-16-14-23-18-22(13-15-29(23)34-31)21-11-9-20(10-12-21)17-30(32(37)38)35-33(39)40-19-28-26-7-3-1-5-24(26)25-6-2-4-8-27(25)28/h1-13,15,18,28,30H,14,16-17,19H2,(H,34,36)(H,35,39)(H,37,38)/t30-/m0/s1. The lowest BCUT2D eigenvalue weighted by Crippen LogP contribution is -2.42. The Kier molecular flexibility index (Phi) is 6.78. The van der Waals surface area contributed by atoms with Crippen LogP contribution in [0.15, 0.2) is 91.0 Å². The van der Waals surface area contributed by atoms with Crippen LogP contribution in [0, 0.1) is 0 Å². The Balaban J connectivity index is 1.09. The van der Waals surface area contributed by atoms with Crippen LogP contribution in [0.25, 0.3) is 22.3 Å². The van der Waals surface area contributed by atoms with E-state index >= 15 is 0 Å². The van der Waals surface area contributed by atoms with Crippen molar-refractivity contribution in [3.63, 3.8) is 0 Å². The first kappa shape index (κ1) is 25.4. The number of aliphatic carboxylic acids is 1. The summed E-state index contributed by atoms with van der Waals surface area (Å²) in [6.45, 7) is 0.116. The van der Waals surface area contributed by atoms with Crippen molar-refractivity contribution < 1.29 is 24.2 Å². The second-order valence-corrected chi connectivity index (χ2v) is 10.2. The first-order valence-corrected chi connectivity index (χ1v) is 13.3. The molecule has 4 aromatic rings. The number of hydrogen-bond acceptors (Lipinski definition) is 4. The largest absolute Gasteiger partial charge is 0.480 e. The van der Waals surface area contributed by atoms with Gasteiger partial charge in [0.2, 0.25) is 5.91 Å². The molecule has 0 saturated carbocycles. The summed E-state index contributed by atoms with van der Waals surface area (Å²) in [5.41, 5.74) is 9.17. The van der Waals surface area contributed by atoms with Crippen molar-refractivity contribution >= 4 is 23.7 Å². The van der Waals surface area contributed by atoms with Crippen LogP contribution in [-0.4, -0.2) is 35.7 Å². The Morgan fingerprint density at radius 3 is 2.20 bits per heavy atom. The van der Waals surface area contributed by atoms with E-state index in [4.69, 9.17) is 4.74 Å². The van der Waals surface area contributed by atoms with E-state index in [0.29, 0.717) is 12.8 Å². The van der Waals surface area contributed by atoms with Crippen LogP contribution >= 0.6 is 0 Å². The number of fused-ring (bicyclic) bond motifs is 4. The van der Waals surface area contributed by atoms with E-state index in [1.165, 1.54) is 0 Å². The number of carboxylic acids is 1. The number of hydrogen-bond donors (Lipinski definition) is 3. The molecule has 0 spiro atoms. The molecular weight excluding hydrogens is 504 g/mol. The van der Waals surface area contributed by atoms with Gasteiger partial charge < -0.3 is 20.5 Å². The smallest absolute Gasteiger partial charge is 0.407 e. The van der Waals surface area contributed by atoms with Gasteiger partial charge in [-0.25, -0.2) is 9.59 Å². The molecule has 1 aliphatic heterocycles. The van der Waals surface area contributed by atoms with E-state index in [-0.39, 0.29) is 24.9 Å². The van der Waals surface area contributed by atoms with Crippen molar-refractivity contribution in [1.29, 1.82) is 0 Å². The quantitative estimate of drug-likeness (QED) is 0.280. The van der Waals surface area contributed by atoms with Crippen molar-refractivity contribution in [3.05, 3.63) is 113 Å². The first-order valence-electron chi connectivity index (χ1n) is 13.3. The van der Waals surface area contributed by atoms with Crippen molar-refractivity contribution in [1.82, 2.24) is 5.32 Å². The normalized spacial score (nSPS) is 14.3. The highest BCUT2D eigenvalue weighted by molar-refractivity contribution is 5.94. The van der Waals surface area contributed by atoms with E-state index in [1.807, 2.05) is 72.8 Å². The van der Waals surface area contributed by atoms with Crippen LogP contribution in [0.5, 0.6) is 0 Å². The highest BCUT2D eigenvalue weighted by Crippen LogP contribution is 2.44. The van der Waals surface area contributed by atoms with E-state index in [2.05, 4.69) is 28.8 Å². The molecule has 1 heterocycles. The molecule has 7 nitrogen and oxygen atoms in total. The van der Waals surface area contributed by atoms with Crippen LogP contribution in [-0.2, 0) is 27.2 Å². The maximum absolute atomic E-state index is 12.7. The minimum atomic E-state index is -1.13. The summed E-state index contributed by atoms with van der Waals surface area (Å²) in [4.78, 5) is 36.3. The second-order valence-electron chi connectivity index (χ2n) is 10.2. The van der Waals surface area contributed by atoms with Crippen molar-refractivity contribution in [2.45, 2.75) is 31.2 Å². The summed E-state index contributed by atoms with van der Waals surface area (Å²) in [5.74, 6) is -1.20. The number of benzene rings is 4. The summed E-state index contributed by atoms with van der Waals surface area (Å²) < 4.78 is 5.55. The molecule has 40 heavy (non-hydrogen) atoms. The van der Waals surface area contributed by atoms with Gasteiger partial charge in [0.05, 0.1) is 0 Å². The van der Waals surface area contributed by atoms with Crippen molar-refractivity contribution in [2.75, 3.05) is 11.9 Å². The fraction of sp³-hybridized carbons (Fsp3) is 0.182. The lowest BCUT2D eigenvalue weighted by Gasteiger charge is -2.18. The van der Waals surface area contributed by atoms with Crippen LogP contribution in [0.3, 0.4) is 0 Å². The van der Waals surface area contributed by atoms with Gasteiger partial charge in [-0.2, -0.15) is 0 Å². The van der Waals surface area contributed by atoms with Gasteiger partial charge in [0.25, 0.3) is 0 Å². The number of nitrogens with one attached hydrogen (secondary N) is 2. The number of aryl methyl sites for hydroxylation is 1. The third-order valence-corrected chi connectivity index (χ3v) is 7.66. The molecular formula is C33H28N2O5. The molecule has 200 valence electrons. The summed E-state index contributed by atoms with van der Waals surface area (Å²) in [6, 6.07) is 28.5. The van der Waals surface area contributed by atoms with Crippen LogP contribution in [0.4, 0.5) is 10.5 Å². The number of carboxylic acid groups (broad SMARTS) is 1. The first-order chi connectivity index (χ1) is 19.5. The highest BCUT2D eigenvalue weighted by atomic mass is 16.5. The number of anilines is 1. The molecule has 4 aromatic carbocycles. The van der Waals surface area contributed by atoms with Gasteiger partial charge in [0, 0.05) is 24.4 Å². The minimum absolute atomic E-state index is 0.0317. The molecule has 0 saturated heterocycles. The number of rotatable bonds is 7. The zero-order valence-electron chi connectivity index (χ0n) is 21.7. The number of amides is 2. The molecule has 0 unspecified atom stereocenters. The average Bonchev–Trinajstić information content (AvgIpc) is 3.29. The SMILES string of the molecule is O=C1CCc2cc(-c3ccc(C[C@H](NC(=O)OCC4c5ccccc5-c5ccccc54)C(=O)O)cc3)ccc2N1. The van der Waals surface area contributed by atoms with Gasteiger partial charge in [0.1, 0.15) is 12.6 Å². The molecule has 0 aromatic heterocycles. The molecule has 1 aliphatic carbocycles. The summed E-state index contributed by atoms with van der Waals surface area (Å²) in [7, 11) is 0. The van der Waals surface area contributed by atoms with Crippen molar-refractivity contribution in [3.8, 4) is 22.3 Å². The molecule has 2 amide bonds. The zero-order chi connectivity index (χ0) is 27.6. The van der Waals surface area contributed by atoms with Gasteiger partial charge in [-0.05, 0) is 63.1 Å². The van der Waals surface area contributed by atoms with Gasteiger partial charge in [-0.15, -0.1) is 0 Å². The number of ether oxygens (including phenoxy) is 1. The highest BCUT2D eigenvalue weighted by Gasteiger charge is 2.30. The monoisotopic (exact) mass is 532 g/mol. The average molecular weight is 533 g/mol. The number of carbonyl (C=O) groups is 3. The molecule has 0 radical (unpaired) electrons. The summed E-state index contributed by atoms with van der Waals surface area (Å²) in [6.07, 6.45) is 0.542. The van der Waals surface area contributed by atoms with Gasteiger partial charge in [-0.3, -0.25) is 4.79 Å². The van der Waals surface area contributed by atoms with Crippen LogP contribution in [0.1, 0.15) is 34.6 Å². The fourth-order valence-corrected chi connectivity index (χ4v) is 5.61. The molecule has 6 rings (SSSR count). The van der Waals surface area contributed by atoms with Gasteiger partial charge >= 0.3 is 12.1 Å². The molecule has 1 atom stereocenters. The Labute approximate surface area is 231 Å². The Morgan fingerprint density at radius 2 is 1.52 bits per heavy atom. The van der Waals surface area contributed by atoms with Gasteiger partial charge in [-0.1, -0.05) is 78.9 Å². The maximum Gasteiger partial charge on any atom is 0.407 e. The zero-order valence-corrected chi connectivity index (χ0v) is 21.7. The topological polar surface area (TPSA) is 105 Å². The summed E-state index contributed by atoms with van der Waals surface area (Å²) >= 11 is 0. The van der Waals surface area contributed by atoms with E-state index < -0.39 is 18.1 Å². The van der Waals surface area contributed by atoms with E-state index in [9.17, 15) is 19.5 Å². The maximum atomic E-state index is 12.7. The number of alkyl carbamates (subject to hydrolysis) is 1.